The second-order valence-corrected chi connectivity index (χ2v) is 5.18. The minimum atomic E-state index is -1.36. The number of halogens is 1. The molecule has 1 aromatic rings. The zero-order valence-electron chi connectivity index (χ0n) is 12.0. The lowest BCUT2D eigenvalue weighted by Crippen LogP contribution is -2.32. The Kier molecular flexibility index (Phi) is 5.40. The largest absolute Gasteiger partial charge is 0.478 e. The number of pyridine rings is 1. The van der Waals surface area contributed by atoms with Crippen LogP contribution in [0.2, 0.25) is 0 Å². The van der Waals surface area contributed by atoms with Crippen molar-refractivity contribution in [3.63, 3.8) is 0 Å². The van der Waals surface area contributed by atoms with Gasteiger partial charge >= 0.3 is 12.1 Å². The van der Waals surface area contributed by atoms with E-state index in [1.165, 1.54) is 6.08 Å². The Balaban J connectivity index is 2.56. The van der Waals surface area contributed by atoms with Crippen molar-refractivity contribution >= 4 is 18.1 Å². The van der Waals surface area contributed by atoms with Crippen LogP contribution in [0, 0.1) is 5.82 Å². The highest BCUT2D eigenvalue weighted by molar-refractivity contribution is 5.88. The molecule has 0 atom stereocenters. The molecule has 1 amide bonds. The van der Waals surface area contributed by atoms with Crippen molar-refractivity contribution in [1.82, 2.24) is 10.3 Å². The average molecular weight is 296 g/mol. The van der Waals surface area contributed by atoms with Crippen molar-refractivity contribution in [2.45, 2.75) is 26.4 Å². The van der Waals surface area contributed by atoms with Crippen LogP contribution in [0.15, 0.2) is 18.3 Å². The predicted molar refractivity (Wildman–Crippen MR) is 74.4 cm³/mol. The topological polar surface area (TPSA) is 88.5 Å². The molecule has 114 valence electrons. The first-order valence-corrected chi connectivity index (χ1v) is 6.21. The summed E-state index contributed by atoms with van der Waals surface area (Å²) >= 11 is 0. The molecule has 0 fully saturated rings. The van der Waals surface area contributed by atoms with Crippen LogP contribution in [-0.2, 0) is 4.74 Å². The second kappa shape index (κ2) is 6.83. The summed E-state index contributed by atoms with van der Waals surface area (Å²) in [6.45, 7) is 5.42. The Morgan fingerprint density at radius 3 is 2.71 bits per heavy atom. The van der Waals surface area contributed by atoms with E-state index in [9.17, 15) is 14.0 Å². The van der Waals surface area contributed by atoms with Crippen LogP contribution in [0.1, 0.15) is 36.8 Å². The normalized spacial score (nSPS) is 11.4. The number of carbonyl (C=O) groups is 2. The van der Waals surface area contributed by atoms with Gasteiger partial charge in [-0.1, -0.05) is 6.08 Å². The first-order valence-electron chi connectivity index (χ1n) is 6.21. The van der Waals surface area contributed by atoms with Gasteiger partial charge in [0.1, 0.15) is 5.60 Å². The van der Waals surface area contributed by atoms with E-state index in [-0.39, 0.29) is 12.2 Å². The van der Waals surface area contributed by atoms with E-state index in [0.717, 1.165) is 12.3 Å². The van der Waals surface area contributed by atoms with Crippen LogP contribution < -0.4 is 5.32 Å². The number of rotatable bonds is 4. The third kappa shape index (κ3) is 6.03. The van der Waals surface area contributed by atoms with Gasteiger partial charge in [0.05, 0.1) is 17.5 Å². The van der Waals surface area contributed by atoms with Crippen LogP contribution in [0.4, 0.5) is 9.18 Å². The van der Waals surface area contributed by atoms with Crippen molar-refractivity contribution in [3.8, 4) is 0 Å². The van der Waals surface area contributed by atoms with Crippen molar-refractivity contribution in [3.05, 3.63) is 35.4 Å². The number of aromatic nitrogens is 1. The zero-order chi connectivity index (χ0) is 16.0. The van der Waals surface area contributed by atoms with Gasteiger partial charge in [0.2, 0.25) is 0 Å². The van der Waals surface area contributed by atoms with Crippen molar-refractivity contribution in [1.29, 1.82) is 0 Å². The maximum atomic E-state index is 13.1. The van der Waals surface area contributed by atoms with E-state index in [4.69, 9.17) is 9.84 Å². The van der Waals surface area contributed by atoms with Crippen LogP contribution in [0.25, 0.3) is 6.08 Å². The van der Waals surface area contributed by atoms with Gasteiger partial charge in [-0.15, -0.1) is 0 Å². The van der Waals surface area contributed by atoms with Crippen molar-refractivity contribution in [2.24, 2.45) is 0 Å². The van der Waals surface area contributed by atoms with Crippen LogP contribution in [0.3, 0.4) is 0 Å². The molecule has 1 heterocycles. The Bertz CT molecular complexity index is 565. The van der Waals surface area contributed by atoms with Gasteiger partial charge < -0.3 is 15.2 Å². The molecule has 0 aliphatic rings. The minimum Gasteiger partial charge on any atom is -0.478 e. The standard InChI is InChI=1S/C14H17FN2O4/c1-14(2,3)21-13(20)16-6-4-5-9-7-10(12(18)19)11(15)8-17-9/h4-5,7-8H,6H2,1-3H3,(H,16,20)(H,18,19). The molecule has 0 radical (unpaired) electrons. The molecule has 0 bridgehead atoms. The number of nitrogens with zero attached hydrogens (tertiary/aromatic N) is 1. The van der Waals surface area contributed by atoms with E-state index in [1.807, 2.05) is 0 Å². The lowest BCUT2D eigenvalue weighted by atomic mass is 10.2. The molecule has 0 unspecified atom stereocenters. The van der Waals surface area contributed by atoms with Gasteiger partial charge in [-0.05, 0) is 32.9 Å². The Morgan fingerprint density at radius 2 is 2.14 bits per heavy atom. The summed E-state index contributed by atoms with van der Waals surface area (Å²) in [7, 11) is 0. The van der Waals surface area contributed by atoms with Crippen molar-refractivity contribution in [2.75, 3.05) is 6.54 Å². The van der Waals surface area contributed by atoms with E-state index in [0.29, 0.717) is 0 Å². The van der Waals surface area contributed by atoms with Gasteiger partial charge in [0, 0.05) is 6.54 Å². The first-order chi connectivity index (χ1) is 9.69. The van der Waals surface area contributed by atoms with E-state index < -0.39 is 29.0 Å². The summed E-state index contributed by atoms with van der Waals surface area (Å²) in [6, 6.07) is 1.11. The fourth-order valence-corrected chi connectivity index (χ4v) is 1.35. The average Bonchev–Trinajstić information content (AvgIpc) is 2.34. The third-order valence-corrected chi connectivity index (χ3v) is 2.16. The molecule has 0 saturated heterocycles. The fourth-order valence-electron chi connectivity index (χ4n) is 1.35. The fraction of sp³-hybridized carbons (Fsp3) is 0.357. The first kappa shape index (κ1) is 16.6. The highest BCUT2D eigenvalue weighted by atomic mass is 19.1. The quantitative estimate of drug-likeness (QED) is 0.891. The molecule has 0 aromatic carbocycles. The highest BCUT2D eigenvalue weighted by Gasteiger charge is 2.15. The van der Waals surface area contributed by atoms with Gasteiger partial charge in [-0.2, -0.15) is 0 Å². The van der Waals surface area contributed by atoms with Gasteiger partial charge in [0.15, 0.2) is 5.82 Å². The summed E-state index contributed by atoms with van der Waals surface area (Å²) in [5.41, 5.74) is -0.757. The van der Waals surface area contributed by atoms with Crippen molar-refractivity contribution < 1.29 is 23.8 Å². The number of hydrogen-bond donors (Lipinski definition) is 2. The summed E-state index contributed by atoms with van der Waals surface area (Å²) < 4.78 is 18.2. The number of alkyl carbamates (subject to hydrolysis) is 1. The molecule has 0 aliphatic carbocycles. The summed E-state index contributed by atoms with van der Waals surface area (Å²) in [5.74, 6) is -2.26. The molecule has 1 rings (SSSR count). The lowest BCUT2D eigenvalue weighted by Gasteiger charge is -2.19. The van der Waals surface area contributed by atoms with Crippen LogP contribution in [-0.4, -0.2) is 34.3 Å². The second-order valence-electron chi connectivity index (χ2n) is 5.18. The number of carboxylic acids is 1. The lowest BCUT2D eigenvalue weighted by molar-refractivity contribution is 0.0533. The number of nitrogens with one attached hydrogen (secondary N) is 1. The summed E-state index contributed by atoms with van der Waals surface area (Å²) in [6.07, 6.45) is 3.30. The van der Waals surface area contributed by atoms with Crippen LogP contribution >= 0.6 is 0 Å². The molecule has 0 spiro atoms. The maximum absolute atomic E-state index is 13.1. The molecule has 21 heavy (non-hydrogen) atoms. The third-order valence-electron chi connectivity index (χ3n) is 2.16. The molecule has 6 nitrogen and oxygen atoms in total. The van der Waals surface area contributed by atoms with Gasteiger partial charge in [-0.25, -0.2) is 14.0 Å². The Labute approximate surface area is 121 Å². The number of aromatic carboxylic acids is 1. The monoisotopic (exact) mass is 296 g/mol. The number of hydrogen-bond acceptors (Lipinski definition) is 4. The van der Waals surface area contributed by atoms with E-state index >= 15 is 0 Å². The van der Waals surface area contributed by atoms with Gasteiger partial charge in [-0.3, -0.25) is 4.98 Å². The molecule has 2 N–H and O–H groups in total. The Morgan fingerprint density at radius 1 is 1.48 bits per heavy atom. The number of ether oxygens (including phenoxy) is 1. The zero-order valence-corrected chi connectivity index (χ0v) is 12.0. The SMILES string of the molecule is CC(C)(C)OC(=O)NCC=Cc1cc(C(=O)O)c(F)cn1. The molecular formula is C14H17FN2O4. The highest BCUT2D eigenvalue weighted by Crippen LogP contribution is 2.09. The number of carbonyl (C=O) groups excluding carboxylic acids is 1. The molecule has 0 saturated carbocycles. The Hall–Kier alpha value is -2.44. The van der Waals surface area contributed by atoms with Crippen LogP contribution in [0.5, 0.6) is 0 Å². The molecular weight excluding hydrogens is 279 g/mol. The molecule has 0 aliphatic heterocycles. The smallest absolute Gasteiger partial charge is 0.407 e. The predicted octanol–water partition coefficient (Wildman–Crippen LogP) is 2.46. The van der Waals surface area contributed by atoms with E-state index in [2.05, 4.69) is 10.3 Å². The van der Waals surface area contributed by atoms with E-state index in [1.54, 1.807) is 26.8 Å². The summed E-state index contributed by atoms with van der Waals surface area (Å²) in [4.78, 5) is 25.8. The molecule has 7 heteroatoms. The summed E-state index contributed by atoms with van der Waals surface area (Å²) in [5, 5.41) is 11.3. The van der Waals surface area contributed by atoms with Gasteiger partial charge in [0.25, 0.3) is 0 Å². The number of carboxylic acid groups (broad SMARTS) is 1. The maximum Gasteiger partial charge on any atom is 0.407 e. The molecule has 1 aromatic heterocycles. The number of amides is 1. The minimum absolute atomic E-state index is 0.177.